The molecule has 2 rings (SSSR count). The number of nitrogens with one attached hydrogen (secondary N) is 2. The first kappa shape index (κ1) is 16.9. The average molecular weight is 336 g/mol. The molecular formula is C16H18ClN3O3. The van der Waals surface area contributed by atoms with Crippen molar-refractivity contribution < 1.29 is 14.0 Å². The van der Waals surface area contributed by atoms with Crippen molar-refractivity contribution in [2.45, 2.75) is 13.0 Å². The number of carbonyl (C=O) groups is 2. The third kappa shape index (κ3) is 4.26. The Labute approximate surface area is 139 Å². The van der Waals surface area contributed by atoms with E-state index in [4.69, 9.17) is 16.0 Å². The number of anilines is 2. The van der Waals surface area contributed by atoms with Crippen LogP contribution in [0, 0.1) is 0 Å². The van der Waals surface area contributed by atoms with E-state index in [1.165, 1.54) is 18.6 Å². The van der Waals surface area contributed by atoms with Crippen LogP contribution in [0.15, 0.2) is 41.2 Å². The van der Waals surface area contributed by atoms with Crippen molar-refractivity contribution in [3.05, 3.63) is 47.4 Å². The zero-order valence-corrected chi connectivity index (χ0v) is 13.8. The van der Waals surface area contributed by atoms with E-state index in [1.807, 2.05) is 25.1 Å². The lowest BCUT2D eigenvalue weighted by Gasteiger charge is -2.20. The fraction of sp³-hybridized carbons (Fsp3) is 0.250. The molecule has 0 saturated carbocycles. The second-order valence-corrected chi connectivity index (χ2v) is 5.69. The van der Waals surface area contributed by atoms with Gasteiger partial charge in [0.15, 0.2) is 0 Å². The van der Waals surface area contributed by atoms with Crippen molar-refractivity contribution in [3.8, 4) is 0 Å². The predicted octanol–water partition coefficient (Wildman–Crippen LogP) is 2.76. The first-order valence-electron chi connectivity index (χ1n) is 6.99. The van der Waals surface area contributed by atoms with Gasteiger partial charge in [0.25, 0.3) is 5.91 Å². The summed E-state index contributed by atoms with van der Waals surface area (Å²) in [7, 11) is 3.73. The van der Waals surface area contributed by atoms with E-state index in [2.05, 4.69) is 10.6 Å². The van der Waals surface area contributed by atoms with Gasteiger partial charge in [0.1, 0.15) is 12.3 Å². The third-order valence-corrected chi connectivity index (χ3v) is 3.46. The van der Waals surface area contributed by atoms with Crippen molar-refractivity contribution in [2.24, 2.45) is 0 Å². The highest BCUT2D eigenvalue weighted by molar-refractivity contribution is 6.31. The van der Waals surface area contributed by atoms with Gasteiger partial charge in [-0.1, -0.05) is 11.6 Å². The van der Waals surface area contributed by atoms with Gasteiger partial charge in [0.2, 0.25) is 5.91 Å². The van der Waals surface area contributed by atoms with E-state index in [-0.39, 0.29) is 11.8 Å². The van der Waals surface area contributed by atoms with E-state index in [1.54, 1.807) is 19.1 Å². The summed E-state index contributed by atoms with van der Waals surface area (Å²) in [5.74, 6) is -0.715. The zero-order valence-electron chi connectivity index (χ0n) is 13.1. The summed E-state index contributed by atoms with van der Waals surface area (Å²) in [5, 5.41) is 5.90. The number of furan rings is 1. The molecule has 0 unspecified atom stereocenters. The minimum absolute atomic E-state index is 0.341. The molecule has 6 nitrogen and oxygen atoms in total. The van der Waals surface area contributed by atoms with Crippen molar-refractivity contribution in [2.75, 3.05) is 24.3 Å². The molecule has 0 saturated heterocycles. The van der Waals surface area contributed by atoms with Gasteiger partial charge in [-0.15, -0.1) is 0 Å². The monoisotopic (exact) mass is 335 g/mol. The Kier molecular flexibility index (Phi) is 5.28. The Balaban J connectivity index is 2.06. The average Bonchev–Trinajstić information content (AvgIpc) is 3.01. The topological polar surface area (TPSA) is 74.6 Å². The lowest BCUT2D eigenvalue weighted by atomic mass is 10.2. The van der Waals surface area contributed by atoms with Crippen LogP contribution >= 0.6 is 11.6 Å². The van der Waals surface area contributed by atoms with Crippen molar-refractivity contribution in [1.29, 1.82) is 0 Å². The molecule has 23 heavy (non-hydrogen) atoms. The first-order chi connectivity index (χ1) is 10.9. The molecule has 0 aliphatic rings. The molecule has 2 N–H and O–H groups in total. The molecule has 1 atom stereocenters. The van der Waals surface area contributed by atoms with Gasteiger partial charge in [-0.25, -0.2) is 0 Å². The highest BCUT2D eigenvalue weighted by atomic mass is 35.5. The maximum Gasteiger partial charge on any atom is 0.255 e. The molecule has 0 radical (unpaired) electrons. The van der Waals surface area contributed by atoms with Gasteiger partial charge >= 0.3 is 0 Å². The van der Waals surface area contributed by atoms with E-state index in [9.17, 15) is 9.59 Å². The SMILES string of the molecule is C[C@@H](NC(=O)c1ccoc1)C(=O)Nc1cc(Cl)ccc1N(C)C. The summed E-state index contributed by atoms with van der Waals surface area (Å²) in [6.45, 7) is 1.60. The van der Waals surface area contributed by atoms with Gasteiger partial charge in [-0.2, -0.15) is 0 Å². The molecule has 0 aliphatic carbocycles. The maximum absolute atomic E-state index is 12.3. The van der Waals surface area contributed by atoms with Gasteiger partial charge < -0.3 is 20.0 Å². The molecule has 0 fully saturated rings. The number of halogens is 1. The molecule has 7 heteroatoms. The van der Waals surface area contributed by atoms with E-state index in [0.29, 0.717) is 16.3 Å². The lowest BCUT2D eigenvalue weighted by Crippen LogP contribution is -2.41. The fourth-order valence-electron chi connectivity index (χ4n) is 1.98. The quantitative estimate of drug-likeness (QED) is 0.881. The van der Waals surface area contributed by atoms with Crippen LogP contribution < -0.4 is 15.5 Å². The second kappa shape index (κ2) is 7.19. The van der Waals surface area contributed by atoms with Gasteiger partial charge in [0.05, 0.1) is 23.2 Å². The normalized spacial score (nSPS) is 11.7. The Bertz CT molecular complexity index is 699. The predicted molar refractivity (Wildman–Crippen MR) is 90.0 cm³/mol. The molecular weight excluding hydrogens is 318 g/mol. The van der Waals surface area contributed by atoms with Gasteiger partial charge in [-0.3, -0.25) is 9.59 Å². The number of rotatable bonds is 5. The first-order valence-corrected chi connectivity index (χ1v) is 7.37. The van der Waals surface area contributed by atoms with Crippen molar-refractivity contribution in [3.63, 3.8) is 0 Å². The molecule has 0 bridgehead atoms. The molecule has 1 heterocycles. The largest absolute Gasteiger partial charge is 0.472 e. The highest BCUT2D eigenvalue weighted by Gasteiger charge is 2.18. The summed E-state index contributed by atoms with van der Waals surface area (Å²) >= 11 is 5.99. The molecule has 0 aliphatic heterocycles. The summed E-state index contributed by atoms with van der Waals surface area (Å²) in [6, 6.07) is 6.04. The van der Waals surface area contributed by atoms with Crippen LogP contribution in [-0.2, 0) is 4.79 Å². The van der Waals surface area contributed by atoms with Gasteiger partial charge in [0, 0.05) is 19.1 Å². The number of nitrogens with zero attached hydrogens (tertiary/aromatic N) is 1. The maximum atomic E-state index is 12.3. The van der Waals surface area contributed by atoms with E-state index < -0.39 is 6.04 Å². The summed E-state index contributed by atoms with van der Waals surface area (Å²) < 4.78 is 4.85. The molecule has 2 amide bonds. The molecule has 1 aromatic heterocycles. The zero-order chi connectivity index (χ0) is 17.0. The van der Waals surface area contributed by atoms with Crippen LogP contribution in [0.25, 0.3) is 0 Å². The fourth-order valence-corrected chi connectivity index (χ4v) is 2.15. The standard InChI is InChI=1S/C16H18ClN3O3/c1-10(18-16(22)11-6-7-23-9-11)15(21)19-13-8-12(17)4-5-14(13)20(2)3/h4-10H,1-3H3,(H,18,22)(H,19,21)/t10-/m1/s1. The number of hydrogen-bond donors (Lipinski definition) is 2. The van der Waals surface area contributed by atoms with E-state index >= 15 is 0 Å². The van der Waals surface area contributed by atoms with Crippen LogP contribution in [0.4, 0.5) is 11.4 Å². The Morgan fingerprint density at radius 3 is 2.61 bits per heavy atom. The van der Waals surface area contributed by atoms with Crippen molar-refractivity contribution in [1.82, 2.24) is 5.32 Å². The highest BCUT2D eigenvalue weighted by Crippen LogP contribution is 2.27. The summed E-state index contributed by atoms with van der Waals surface area (Å²) in [4.78, 5) is 26.1. The molecule has 0 spiro atoms. The van der Waals surface area contributed by atoms with Crippen molar-refractivity contribution >= 4 is 34.8 Å². The second-order valence-electron chi connectivity index (χ2n) is 5.25. The van der Waals surface area contributed by atoms with E-state index in [0.717, 1.165) is 5.69 Å². The number of amides is 2. The van der Waals surface area contributed by atoms with Crippen LogP contribution in [0.2, 0.25) is 5.02 Å². The Morgan fingerprint density at radius 1 is 1.26 bits per heavy atom. The lowest BCUT2D eigenvalue weighted by molar-refractivity contribution is -0.117. The Hall–Kier alpha value is -2.47. The number of carbonyl (C=O) groups excluding carboxylic acids is 2. The Morgan fingerprint density at radius 2 is 2.00 bits per heavy atom. The number of benzene rings is 1. The third-order valence-electron chi connectivity index (χ3n) is 3.22. The molecule has 1 aromatic carbocycles. The van der Waals surface area contributed by atoms with Crippen LogP contribution in [0.3, 0.4) is 0 Å². The smallest absolute Gasteiger partial charge is 0.255 e. The summed E-state index contributed by atoms with van der Waals surface area (Å²) in [5.41, 5.74) is 1.76. The van der Waals surface area contributed by atoms with Gasteiger partial charge in [-0.05, 0) is 31.2 Å². The van der Waals surface area contributed by atoms with Crippen LogP contribution in [0.1, 0.15) is 17.3 Å². The molecule has 2 aromatic rings. The minimum Gasteiger partial charge on any atom is -0.472 e. The van der Waals surface area contributed by atoms with Crippen LogP contribution in [0.5, 0.6) is 0 Å². The molecule has 122 valence electrons. The minimum atomic E-state index is -0.716. The van der Waals surface area contributed by atoms with Crippen LogP contribution in [-0.4, -0.2) is 32.0 Å². The number of hydrogen-bond acceptors (Lipinski definition) is 4. The summed E-state index contributed by atoms with van der Waals surface area (Å²) in [6.07, 6.45) is 2.72.